The predicted octanol–water partition coefficient (Wildman–Crippen LogP) is 4.24. The van der Waals surface area contributed by atoms with Gasteiger partial charge in [0.05, 0.1) is 6.61 Å². The van der Waals surface area contributed by atoms with Gasteiger partial charge in [0.25, 0.3) is 0 Å². The largest absolute Gasteiger partial charge is 0.449 e. The van der Waals surface area contributed by atoms with Crippen LogP contribution >= 0.6 is 11.8 Å². The minimum absolute atomic E-state index is 0.291. The van der Waals surface area contributed by atoms with E-state index in [1.807, 2.05) is 31.7 Å². The minimum Gasteiger partial charge on any atom is -0.449 e. The van der Waals surface area contributed by atoms with Gasteiger partial charge < -0.3 is 10.1 Å². The zero-order valence-corrected chi connectivity index (χ0v) is 13.6. The van der Waals surface area contributed by atoms with Gasteiger partial charge in [0.2, 0.25) is 0 Å². The molecular formula is C15H29NO2S. The van der Waals surface area contributed by atoms with Crippen LogP contribution in [-0.4, -0.2) is 31.3 Å². The van der Waals surface area contributed by atoms with Crippen LogP contribution in [0.3, 0.4) is 0 Å². The molecular weight excluding hydrogens is 258 g/mol. The number of ether oxygens (including phenoxy) is 1. The Morgan fingerprint density at radius 2 is 2.16 bits per heavy atom. The van der Waals surface area contributed by atoms with Crippen LogP contribution in [0.15, 0.2) is 11.6 Å². The Morgan fingerprint density at radius 1 is 1.42 bits per heavy atom. The van der Waals surface area contributed by atoms with E-state index in [1.54, 1.807) is 0 Å². The molecule has 1 N–H and O–H groups in total. The first-order chi connectivity index (χ1) is 9.10. The van der Waals surface area contributed by atoms with Crippen LogP contribution in [0, 0.1) is 5.92 Å². The van der Waals surface area contributed by atoms with Crippen LogP contribution in [0.4, 0.5) is 4.79 Å². The lowest BCUT2D eigenvalue weighted by Gasteiger charge is -2.10. The van der Waals surface area contributed by atoms with Crippen molar-refractivity contribution in [3.63, 3.8) is 0 Å². The molecule has 0 aromatic heterocycles. The maximum Gasteiger partial charge on any atom is 0.407 e. The van der Waals surface area contributed by atoms with Crippen molar-refractivity contribution >= 4 is 17.9 Å². The summed E-state index contributed by atoms with van der Waals surface area (Å²) in [5.74, 6) is 1.99. The van der Waals surface area contributed by atoms with Gasteiger partial charge in [-0.15, -0.1) is 0 Å². The van der Waals surface area contributed by atoms with E-state index in [0.29, 0.717) is 13.2 Å². The van der Waals surface area contributed by atoms with Crippen LogP contribution in [0.2, 0.25) is 0 Å². The smallest absolute Gasteiger partial charge is 0.407 e. The van der Waals surface area contributed by atoms with Gasteiger partial charge in [0, 0.05) is 13.0 Å². The van der Waals surface area contributed by atoms with Crippen molar-refractivity contribution in [1.82, 2.24) is 5.32 Å². The van der Waals surface area contributed by atoms with Crippen molar-refractivity contribution < 1.29 is 9.53 Å². The monoisotopic (exact) mass is 287 g/mol. The summed E-state index contributed by atoms with van der Waals surface area (Å²) in [4.78, 5) is 11.4. The van der Waals surface area contributed by atoms with Crippen LogP contribution in [-0.2, 0) is 4.74 Å². The van der Waals surface area contributed by atoms with E-state index < -0.39 is 0 Å². The highest BCUT2D eigenvalue weighted by Gasteiger charge is 2.03. The highest BCUT2D eigenvalue weighted by atomic mass is 32.2. The summed E-state index contributed by atoms with van der Waals surface area (Å²) in [5, 5.41) is 2.79. The van der Waals surface area contributed by atoms with E-state index in [0.717, 1.165) is 18.8 Å². The first-order valence-corrected chi connectivity index (χ1v) is 8.50. The second-order valence-corrected chi connectivity index (χ2v) is 5.91. The zero-order valence-electron chi connectivity index (χ0n) is 12.8. The number of carbonyl (C=O) groups excluding carboxylic acids is 1. The molecule has 0 aliphatic carbocycles. The van der Waals surface area contributed by atoms with Gasteiger partial charge in [-0.1, -0.05) is 25.0 Å². The van der Waals surface area contributed by atoms with Crippen molar-refractivity contribution in [1.29, 1.82) is 0 Å². The Bertz CT molecular complexity index is 267. The zero-order chi connectivity index (χ0) is 14.5. The number of carbonyl (C=O) groups is 1. The van der Waals surface area contributed by atoms with Crippen LogP contribution in [0.25, 0.3) is 0 Å². The van der Waals surface area contributed by atoms with E-state index >= 15 is 0 Å². The quantitative estimate of drug-likeness (QED) is 0.482. The van der Waals surface area contributed by atoms with Gasteiger partial charge in [0.1, 0.15) is 0 Å². The fourth-order valence-electron chi connectivity index (χ4n) is 1.68. The second kappa shape index (κ2) is 12.4. The summed E-state index contributed by atoms with van der Waals surface area (Å²) < 4.78 is 5.09. The van der Waals surface area contributed by atoms with E-state index in [9.17, 15) is 4.79 Å². The summed E-state index contributed by atoms with van der Waals surface area (Å²) in [6.45, 7) is 7.49. The third kappa shape index (κ3) is 12.2. The number of allylic oxidation sites excluding steroid dienone is 1. The highest BCUT2D eigenvalue weighted by molar-refractivity contribution is 7.98. The summed E-state index contributed by atoms with van der Waals surface area (Å²) in [5.41, 5.74) is 1.25. The molecule has 4 heteroatoms. The van der Waals surface area contributed by atoms with Crippen LogP contribution in [0.1, 0.15) is 46.5 Å². The molecule has 1 atom stereocenters. The minimum atomic E-state index is -0.291. The van der Waals surface area contributed by atoms with Crippen molar-refractivity contribution in [3.8, 4) is 0 Å². The number of nitrogens with one attached hydrogen (secondary N) is 1. The van der Waals surface area contributed by atoms with Gasteiger partial charge in [-0.25, -0.2) is 4.79 Å². The molecule has 0 aromatic carbocycles. The summed E-state index contributed by atoms with van der Waals surface area (Å²) in [7, 11) is 0. The van der Waals surface area contributed by atoms with E-state index in [2.05, 4.69) is 18.5 Å². The molecule has 112 valence electrons. The Balaban J connectivity index is 3.39. The molecule has 0 rings (SSSR count). The number of amides is 1. The number of hydrogen-bond donors (Lipinski definition) is 1. The maximum absolute atomic E-state index is 11.4. The van der Waals surface area contributed by atoms with Crippen molar-refractivity contribution in [2.75, 3.05) is 25.2 Å². The molecule has 0 saturated heterocycles. The molecule has 1 amide bonds. The fourth-order valence-corrected chi connectivity index (χ4v) is 2.41. The molecule has 0 fully saturated rings. The molecule has 0 aliphatic rings. The second-order valence-electron chi connectivity index (χ2n) is 5.00. The summed E-state index contributed by atoms with van der Waals surface area (Å²) in [6.07, 6.45) is 8.14. The molecule has 0 radical (unpaired) electrons. The number of hydrogen-bond acceptors (Lipinski definition) is 3. The summed E-state index contributed by atoms with van der Waals surface area (Å²) in [6, 6.07) is 0. The van der Waals surface area contributed by atoms with E-state index in [1.165, 1.54) is 24.2 Å². The molecule has 0 aromatic rings. The maximum atomic E-state index is 11.4. The Morgan fingerprint density at radius 3 is 2.79 bits per heavy atom. The van der Waals surface area contributed by atoms with E-state index in [4.69, 9.17) is 4.74 Å². The summed E-state index contributed by atoms with van der Waals surface area (Å²) >= 11 is 1.90. The predicted molar refractivity (Wildman–Crippen MR) is 84.8 cm³/mol. The average molecular weight is 287 g/mol. The standard InChI is InChI=1S/C15H29NO2S/c1-5-13(2)9-11-18-15(17)16-10-7-6-8-14(3)12-19-4/h5,14H,6-12H2,1-4H3,(H,16,17)/b13-5+. The lowest BCUT2D eigenvalue weighted by atomic mass is 10.1. The SMILES string of the molecule is C/C=C(\C)CCOC(=O)NCCCCC(C)CSC. The van der Waals surface area contributed by atoms with Crippen LogP contribution < -0.4 is 5.32 Å². The highest BCUT2D eigenvalue weighted by Crippen LogP contribution is 2.12. The number of unbranched alkanes of at least 4 members (excludes halogenated alkanes) is 1. The first kappa shape index (κ1) is 18.4. The van der Waals surface area contributed by atoms with Crippen molar-refractivity contribution in [3.05, 3.63) is 11.6 Å². The lowest BCUT2D eigenvalue weighted by molar-refractivity contribution is 0.147. The Kier molecular flexibility index (Phi) is 12.0. The molecule has 0 spiro atoms. The van der Waals surface area contributed by atoms with Gasteiger partial charge >= 0.3 is 6.09 Å². The van der Waals surface area contributed by atoms with Gasteiger partial charge in [-0.2, -0.15) is 11.8 Å². The number of thioether (sulfide) groups is 1. The molecule has 3 nitrogen and oxygen atoms in total. The molecule has 19 heavy (non-hydrogen) atoms. The van der Waals surface area contributed by atoms with Gasteiger partial charge in [-0.3, -0.25) is 0 Å². The van der Waals surface area contributed by atoms with Crippen molar-refractivity contribution in [2.24, 2.45) is 5.92 Å². The van der Waals surface area contributed by atoms with E-state index in [-0.39, 0.29) is 6.09 Å². The number of alkyl carbamates (subject to hydrolysis) is 1. The Labute approximate surface area is 122 Å². The van der Waals surface area contributed by atoms with Gasteiger partial charge in [-0.05, 0) is 44.6 Å². The van der Waals surface area contributed by atoms with Crippen molar-refractivity contribution in [2.45, 2.75) is 46.5 Å². The molecule has 0 saturated carbocycles. The average Bonchev–Trinajstić information content (AvgIpc) is 2.38. The lowest BCUT2D eigenvalue weighted by Crippen LogP contribution is -2.25. The topological polar surface area (TPSA) is 38.3 Å². The molecule has 0 heterocycles. The third-order valence-corrected chi connectivity index (χ3v) is 3.97. The molecule has 1 unspecified atom stereocenters. The normalized spacial score (nSPS) is 13.2. The fraction of sp³-hybridized carbons (Fsp3) is 0.800. The van der Waals surface area contributed by atoms with Crippen LogP contribution in [0.5, 0.6) is 0 Å². The Hall–Kier alpha value is -0.640. The molecule has 0 bridgehead atoms. The first-order valence-electron chi connectivity index (χ1n) is 7.11. The molecule has 0 aliphatic heterocycles. The number of rotatable bonds is 10. The third-order valence-electron chi connectivity index (χ3n) is 3.07. The van der Waals surface area contributed by atoms with Gasteiger partial charge in [0.15, 0.2) is 0 Å².